The second kappa shape index (κ2) is 10.3. The van der Waals surface area contributed by atoms with Gasteiger partial charge in [0.1, 0.15) is 28.9 Å². The van der Waals surface area contributed by atoms with Crippen molar-refractivity contribution in [3.63, 3.8) is 0 Å². The van der Waals surface area contributed by atoms with Crippen molar-refractivity contribution >= 4 is 45.4 Å². The van der Waals surface area contributed by atoms with Gasteiger partial charge < -0.3 is 24.4 Å². The average molecular weight is 536 g/mol. The zero-order valence-corrected chi connectivity index (χ0v) is 22.6. The first-order chi connectivity index (χ1) is 19.4. The molecule has 1 atom stereocenters. The van der Waals surface area contributed by atoms with Gasteiger partial charge in [0.15, 0.2) is 5.82 Å². The van der Waals surface area contributed by atoms with Gasteiger partial charge in [0.2, 0.25) is 11.9 Å². The number of fused-ring (bicyclic) bond motifs is 2. The Hall–Kier alpha value is -5.06. The van der Waals surface area contributed by atoms with E-state index in [1.807, 2.05) is 66.8 Å². The van der Waals surface area contributed by atoms with Crippen LogP contribution < -0.4 is 15.0 Å². The van der Waals surface area contributed by atoms with Crippen LogP contribution in [0.2, 0.25) is 0 Å². The third-order valence-electron chi connectivity index (χ3n) is 7.10. The van der Waals surface area contributed by atoms with Crippen LogP contribution in [0, 0.1) is 6.92 Å². The van der Waals surface area contributed by atoms with E-state index in [1.165, 1.54) is 12.4 Å². The van der Waals surface area contributed by atoms with Crippen LogP contribution in [-0.4, -0.2) is 66.0 Å². The normalized spacial score (nSPS) is 15.4. The second-order valence-electron chi connectivity index (χ2n) is 9.87. The lowest BCUT2D eigenvalue weighted by atomic mass is 10.2. The minimum absolute atomic E-state index is 0.0118. The van der Waals surface area contributed by atoms with E-state index in [9.17, 15) is 4.79 Å². The Morgan fingerprint density at radius 3 is 2.77 bits per heavy atom. The lowest BCUT2D eigenvalue weighted by Crippen LogP contribution is -2.54. The highest BCUT2D eigenvalue weighted by molar-refractivity contribution is 5.88. The molecule has 0 aliphatic carbocycles. The van der Waals surface area contributed by atoms with E-state index in [0.717, 1.165) is 33.8 Å². The van der Waals surface area contributed by atoms with E-state index in [1.54, 1.807) is 12.5 Å². The van der Waals surface area contributed by atoms with Crippen molar-refractivity contribution in [1.82, 2.24) is 34.4 Å². The highest BCUT2D eigenvalue weighted by atomic mass is 16.5. The first-order valence-corrected chi connectivity index (χ1v) is 13.0. The van der Waals surface area contributed by atoms with Crippen LogP contribution in [0.1, 0.15) is 12.5 Å². The van der Waals surface area contributed by atoms with E-state index in [4.69, 9.17) is 9.72 Å². The fourth-order valence-corrected chi connectivity index (χ4v) is 4.96. The Morgan fingerprint density at radius 1 is 1.10 bits per heavy atom. The highest BCUT2D eigenvalue weighted by Crippen LogP contribution is 2.31. The molecule has 11 nitrogen and oxygen atoms in total. The summed E-state index contributed by atoms with van der Waals surface area (Å²) >= 11 is 0. The van der Waals surface area contributed by atoms with Gasteiger partial charge in [0.05, 0.1) is 23.6 Å². The quantitative estimate of drug-likeness (QED) is 0.317. The van der Waals surface area contributed by atoms with Crippen molar-refractivity contribution in [2.24, 2.45) is 7.05 Å². The predicted molar refractivity (Wildman–Crippen MR) is 154 cm³/mol. The molecule has 2 aromatic carbocycles. The summed E-state index contributed by atoms with van der Waals surface area (Å²) in [6.07, 6.45) is 6.34. The van der Waals surface area contributed by atoms with Crippen molar-refractivity contribution in [2.45, 2.75) is 19.9 Å². The number of carbonyl (C=O) groups excluding carboxylic acids is 1. The van der Waals surface area contributed by atoms with E-state index < -0.39 is 0 Å². The first kappa shape index (κ1) is 25.2. The number of nitrogens with one attached hydrogen (secondary N) is 1. The van der Waals surface area contributed by atoms with Crippen LogP contribution in [0.25, 0.3) is 22.1 Å². The molecule has 5 aromatic rings. The Kier molecular flexibility index (Phi) is 6.47. The zero-order chi connectivity index (χ0) is 27.8. The van der Waals surface area contributed by atoms with Gasteiger partial charge >= 0.3 is 0 Å². The standard InChI is InChI=1S/C29H29N9O2/c1-5-26(39)38-11-10-37(15-19(38)3)29-30-14-23-27(35-29)28(32-16-31-23)34-20-6-9-25(18(2)12-20)40-21-7-8-24-22(13-21)33-17-36(24)4/h5-9,12-14,16-17,19H,1,10-11,15H2,2-4H3,(H,31,32,34)/t19-/m1/s1. The number of piperazine rings is 1. The molecule has 1 aliphatic rings. The van der Waals surface area contributed by atoms with Gasteiger partial charge in [-0.3, -0.25) is 4.79 Å². The minimum Gasteiger partial charge on any atom is -0.457 e. The van der Waals surface area contributed by atoms with Crippen molar-refractivity contribution in [3.8, 4) is 11.5 Å². The van der Waals surface area contributed by atoms with Crippen LogP contribution in [0.4, 0.5) is 17.5 Å². The molecule has 1 N–H and O–H groups in total. The maximum Gasteiger partial charge on any atom is 0.246 e. The maximum atomic E-state index is 12.1. The molecule has 0 spiro atoms. The zero-order valence-electron chi connectivity index (χ0n) is 22.6. The van der Waals surface area contributed by atoms with Gasteiger partial charge in [-0.05, 0) is 55.8 Å². The molecule has 0 radical (unpaired) electrons. The molecule has 1 aliphatic heterocycles. The smallest absolute Gasteiger partial charge is 0.246 e. The molecule has 3 aromatic heterocycles. The fraction of sp³-hybridized carbons (Fsp3) is 0.241. The van der Waals surface area contributed by atoms with Crippen molar-refractivity contribution < 1.29 is 9.53 Å². The monoisotopic (exact) mass is 535 g/mol. The number of amides is 1. The lowest BCUT2D eigenvalue weighted by molar-refractivity contribution is -0.128. The summed E-state index contributed by atoms with van der Waals surface area (Å²) < 4.78 is 8.14. The molecule has 1 amide bonds. The summed E-state index contributed by atoms with van der Waals surface area (Å²) in [6.45, 7) is 9.43. The van der Waals surface area contributed by atoms with E-state index >= 15 is 0 Å². The van der Waals surface area contributed by atoms with Crippen LogP contribution in [0.5, 0.6) is 11.5 Å². The summed E-state index contributed by atoms with van der Waals surface area (Å²) in [4.78, 5) is 38.6. The van der Waals surface area contributed by atoms with Crippen LogP contribution in [0.3, 0.4) is 0 Å². The summed E-state index contributed by atoms with van der Waals surface area (Å²) in [5, 5.41) is 3.38. The van der Waals surface area contributed by atoms with Crippen molar-refractivity contribution in [3.05, 3.63) is 73.5 Å². The number of carbonyl (C=O) groups is 1. The predicted octanol–water partition coefficient (Wildman–Crippen LogP) is 4.37. The molecular weight excluding hydrogens is 506 g/mol. The topological polar surface area (TPSA) is 114 Å². The Morgan fingerprint density at radius 2 is 1.98 bits per heavy atom. The molecule has 11 heteroatoms. The van der Waals surface area contributed by atoms with Crippen LogP contribution in [-0.2, 0) is 11.8 Å². The number of hydrogen-bond donors (Lipinski definition) is 1. The third kappa shape index (κ3) is 4.77. The number of anilines is 3. The van der Waals surface area contributed by atoms with Gasteiger partial charge in [0, 0.05) is 44.5 Å². The average Bonchev–Trinajstić information content (AvgIpc) is 3.33. The summed E-state index contributed by atoms with van der Waals surface area (Å²) in [7, 11) is 1.97. The molecule has 40 heavy (non-hydrogen) atoms. The number of hydrogen-bond acceptors (Lipinski definition) is 9. The number of benzene rings is 2. The lowest BCUT2D eigenvalue weighted by Gasteiger charge is -2.39. The van der Waals surface area contributed by atoms with E-state index in [2.05, 4.69) is 36.7 Å². The number of ether oxygens (including phenoxy) is 1. The van der Waals surface area contributed by atoms with Gasteiger partial charge in [-0.2, -0.15) is 0 Å². The maximum absolute atomic E-state index is 12.1. The minimum atomic E-state index is -0.0625. The SMILES string of the molecule is C=CC(=O)N1CCN(c2ncc3ncnc(Nc4ccc(Oc5ccc6c(c5)ncn6C)c(C)c4)c3n2)C[C@H]1C. The number of rotatable bonds is 6. The van der Waals surface area contributed by atoms with E-state index in [-0.39, 0.29) is 11.9 Å². The fourth-order valence-electron chi connectivity index (χ4n) is 4.96. The Balaban J connectivity index is 1.21. The summed E-state index contributed by atoms with van der Waals surface area (Å²) in [5.41, 5.74) is 4.99. The largest absolute Gasteiger partial charge is 0.457 e. The highest BCUT2D eigenvalue weighted by Gasteiger charge is 2.27. The van der Waals surface area contributed by atoms with E-state index in [0.29, 0.717) is 42.4 Å². The van der Waals surface area contributed by atoms with Gasteiger partial charge in [-0.25, -0.2) is 24.9 Å². The number of aromatic nitrogens is 6. The van der Waals surface area contributed by atoms with Crippen molar-refractivity contribution in [2.75, 3.05) is 29.9 Å². The Labute approximate surface area is 231 Å². The molecule has 0 bridgehead atoms. The van der Waals surface area contributed by atoms with Gasteiger partial charge in [-0.15, -0.1) is 0 Å². The van der Waals surface area contributed by atoms with Gasteiger partial charge in [0.25, 0.3) is 0 Å². The Bertz CT molecular complexity index is 1750. The van der Waals surface area contributed by atoms with Crippen LogP contribution >= 0.6 is 0 Å². The number of nitrogens with zero attached hydrogens (tertiary/aromatic N) is 8. The molecule has 4 heterocycles. The molecule has 1 fully saturated rings. The molecule has 6 rings (SSSR count). The second-order valence-corrected chi connectivity index (χ2v) is 9.87. The molecule has 202 valence electrons. The molecule has 0 saturated carbocycles. The summed E-state index contributed by atoms with van der Waals surface area (Å²) in [6, 6.07) is 11.8. The molecular formula is C29H29N9O2. The van der Waals surface area contributed by atoms with Crippen LogP contribution in [0.15, 0.2) is 67.9 Å². The molecule has 0 unspecified atom stereocenters. The molecule has 1 saturated heterocycles. The number of aryl methyl sites for hydroxylation is 2. The van der Waals surface area contributed by atoms with Gasteiger partial charge in [-0.1, -0.05) is 6.58 Å². The summed E-state index contributed by atoms with van der Waals surface area (Å²) in [5.74, 6) is 2.57. The number of imidazole rings is 1. The van der Waals surface area contributed by atoms with Crippen molar-refractivity contribution in [1.29, 1.82) is 0 Å². The first-order valence-electron chi connectivity index (χ1n) is 13.0. The third-order valence-corrected chi connectivity index (χ3v) is 7.10.